The molecule has 0 unspecified atom stereocenters. The Balaban J connectivity index is 2.34. The summed E-state index contributed by atoms with van der Waals surface area (Å²) in [6.07, 6.45) is 2.62. The average Bonchev–Trinajstić information content (AvgIpc) is 2.45. The molecule has 1 heterocycles. The summed E-state index contributed by atoms with van der Waals surface area (Å²) in [5, 5.41) is 2.15. The van der Waals surface area contributed by atoms with Crippen molar-refractivity contribution in [2.45, 2.75) is 25.2 Å². The molecule has 0 bridgehead atoms. The van der Waals surface area contributed by atoms with Gasteiger partial charge >= 0.3 is 0 Å². The molecule has 10 heavy (non-hydrogen) atoms. The minimum Gasteiger partial charge on any atom is -0.234 e. The second-order valence-electron chi connectivity index (χ2n) is 3.05. The van der Waals surface area contributed by atoms with Gasteiger partial charge in [-0.2, -0.15) is 0 Å². The number of nitrogens with zero attached hydrogens (tertiary/aromatic N) is 1. The number of halogens is 1. The van der Waals surface area contributed by atoms with E-state index in [-0.39, 0.29) is 0 Å². The highest BCUT2D eigenvalue weighted by atomic mass is 79.9. The van der Waals surface area contributed by atoms with Crippen LogP contribution in [0.5, 0.6) is 0 Å². The molecule has 2 rings (SSSR count). The van der Waals surface area contributed by atoms with Crippen molar-refractivity contribution in [3.63, 3.8) is 0 Å². The summed E-state index contributed by atoms with van der Waals surface area (Å²) >= 11 is 5.04. The molecule has 0 aliphatic heterocycles. The lowest BCUT2D eigenvalue weighted by molar-refractivity contribution is 0.756. The number of hydrogen-bond acceptors (Lipinski definition) is 2. The van der Waals surface area contributed by atoms with Crippen LogP contribution < -0.4 is 0 Å². The van der Waals surface area contributed by atoms with Gasteiger partial charge in [-0.3, -0.25) is 0 Å². The largest absolute Gasteiger partial charge is 0.234 e. The van der Waals surface area contributed by atoms with Gasteiger partial charge in [-0.15, -0.1) is 11.3 Å². The molecule has 0 amide bonds. The summed E-state index contributed by atoms with van der Waals surface area (Å²) < 4.78 is 1.01. The first-order valence-electron chi connectivity index (χ1n) is 3.32. The molecule has 1 aliphatic rings. The Kier molecular flexibility index (Phi) is 1.39. The molecule has 3 heteroatoms. The third-order valence-corrected chi connectivity index (χ3v) is 3.46. The SMILES string of the molecule is CC1(c2csc(Br)n2)CC1. The fourth-order valence-electron chi connectivity index (χ4n) is 0.973. The van der Waals surface area contributed by atoms with E-state index in [9.17, 15) is 0 Å². The Morgan fingerprint density at radius 3 is 2.80 bits per heavy atom. The molecular formula is C7H8BrNS. The van der Waals surface area contributed by atoms with Gasteiger partial charge in [0, 0.05) is 10.8 Å². The molecule has 1 aliphatic carbocycles. The molecular weight excluding hydrogens is 210 g/mol. The van der Waals surface area contributed by atoms with E-state index in [1.807, 2.05) is 0 Å². The lowest BCUT2D eigenvalue weighted by Crippen LogP contribution is -1.98. The summed E-state index contributed by atoms with van der Waals surface area (Å²) in [6, 6.07) is 0. The normalized spacial score (nSPS) is 21.0. The topological polar surface area (TPSA) is 12.9 Å². The van der Waals surface area contributed by atoms with Crippen LogP contribution >= 0.6 is 27.3 Å². The Morgan fingerprint density at radius 1 is 1.70 bits per heavy atom. The van der Waals surface area contributed by atoms with E-state index in [0.29, 0.717) is 5.41 Å². The predicted octanol–water partition coefficient (Wildman–Crippen LogP) is 2.96. The predicted molar refractivity (Wildman–Crippen MR) is 46.4 cm³/mol. The first-order valence-corrected chi connectivity index (χ1v) is 4.99. The fourth-order valence-corrected chi connectivity index (χ4v) is 2.14. The summed E-state index contributed by atoms with van der Waals surface area (Å²) in [4.78, 5) is 4.38. The number of thiazole rings is 1. The van der Waals surface area contributed by atoms with Crippen molar-refractivity contribution in [1.82, 2.24) is 4.98 Å². The number of aromatic nitrogens is 1. The van der Waals surface area contributed by atoms with E-state index in [1.54, 1.807) is 11.3 Å². The van der Waals surface area contributed by atoms with Gasteiger partial charge in [0.15, 0.2) is 3.92 Å². The molecule has 1 aromatic rings. The highest BCUT2D eigenvalue weighted by molar-refractivity contribution is 9.11. The second-order valence-corrected chi connectivity index (χ2v) is 5.18. The maximum atomic E-state index is 4.38. The van der Waals surface area contributed by atoms with Crippen LogP contribution in [0.15, 0.2) is 9.30 Å². The van der Waals surface area contributed by atoms with Gasteiger partial charge in [0.2, 0.25) is 0 Å². The molecule has 0 N–H and O–H groups in total. The minimum absolute atomic E-state index is 0.433. The Labute approximate surface area is 72.6 Å². The van der Waals surface area contributed by atoms with Crippen LogP contribution in [0.3, 0.4) is 0 Å². The van der Waals surface area contributed by atoms with Crippen LogP contribution in [-0.2, 0) is 5.41 Å². The van der Waals surface area contributed by atoms with E-state index in [2.05, 4.69) is 33.2 Å². The fraction of sp³-hybridized carbons (Fsp3) is 0.571. The van der Waals surface area contributed by atoms with Gasteiger partial charge < -0.3 is 0 Å². The third kappa shape index (κ3) is 1.01. The second kappa shape index (κ2) is 2.05. The van der Waals surface area contributed by atoms with Gasteiger partial charge in [0.1, 0.15) is 0 Å². The maximum Gasteiger partial charge on any atom is 0.159 e. The highest BCUT2D eigenvalue weighted by Gasteiger charge is 2.40. The van der Waals surface area contributed by atoms with Crippen LogP contribution in [0.2, 0.25) is 0 Å². The van der Waals surface area contributed by atoms with Gasteiger partial charge in [-0.05, 0) is 28.8 Å². The van der Waals surface area contributed by atoms with Crippen LogP contribution in [0.1, 0.15) is 25.5 Å². The van der Waals surface area contributed by atoms with Gasteiger partial charge in [-0.1, -0.05) is 6.92 Å². The standard InChI is InChI=1S/C7H8BrNS/c1-7(2-3-7)5-4-10-6(8)9-5/h4H,2-3H2,1H3. The van der Waals surface area contributed by atoms with Gasteiger partial charge in [0.25, 0.3) is 0 Å². The van der Waals surface area contributed by atoms with Crippen molar-refractivity contribution in [3.8, 4) is 0 Å². The monoisotopic (exact) mass is 217 g/mol. The smallest absolute Gasteiger partial charge is 0.159 e. The number of rotatable bonds is 1. The highest BCUT2D eigenvalue weighted by Crippen LogP contribution is 2.47. The van der Waals surface area contributed by atoms with Crippen molar-refractivity contribution in [1.29, 1.82) is 0 Å². The summed E-state index contributed by atoms with van der Waals surface area (Å²) in [7, 11) is 0. The molecule has 0 spiro atoms. The van der Waals surface area contributed by atoms with Crippen LogP contribution in [-0.4, -0.2) is 4.98 Å². The molecule has 1 nitrogen and oxygen atoms in total. The van der Waals surface area contributed by atoms with Crippen molar-refractivity contribution in [2.24, 2.45) is 0 Å². The Hall–Kier alpha value is 0.110. The van der Waals surface area contributed by atoms with Crippen molar-refractivity contribution < 1.29 is 0 Å². The average molecular weight is 218 g/mol. The lowest BCUT2D eigenvalue weighted by atomic mass is 10.1. The van der Waals surface area contributed by atoms with Gasteiger partial charge in [0.05, 0.1) is 5.69 Å². The van der Waals surface area contributed by atoms with Crippen LogP contribution in [0.25, 0.3) is 0 Å². The van der Waals surface area contributed by atoms with Crippen molar-refractivity contribution in [3.05, 3.63) is 15.0 Å². The van der Waals surface area contributed by atoms with Crippen molar-refractivity contribution >= 4 is 27.3 Å². The summed E-state index contributed by atoms with van der Waals surface area (Å²) in [5.74, 6) is 0. The lowest BCUT2D eigenvalue weighted by Gasteiger charge is -2.00. The first kappa shape index (κ1) is 6.80. The Bertz CT molecular complexity index is 252. The molecule has 1 saturated carbocycles. The van der Waals surface area contributed by atoms with Crippen LogP contribution in [0, 0.1) is 0 Å². The minimum atomic E-state index is 0.433. The first-order chi connectivity index (χ1) is 4.71. The van der Waals surface area contributed by atoms with E-state index >= 15 is 0 Å². The Morgan fingerprint density at radius 2 is 2.40 bits per heavy atom. The molecule has 1 fully saturated rings. The summed E-state index contributed by atoms with van der Waals surface area (Å²) in [5.41, 5.74) is 1.70. The van der Waals surface area contributed by atoms with E-state index in [1.165, 1.54) is 18.5 Å². The molecule has 54 valence electrons. The zero-order valence-corrected chi connectivity index (χ0v) is 8.13. The molecule has 1 aromatic heterocycles. The quantitative estimate of drug-likeness (QED) is 0.706. The van der Waals surface area contributed by atoms with Gasteiger partial charge in [-0.25, -0.2) is 4.98 Å². The summed E-state index contributed by atoms with van der Waals surface area (Å²) in [6.45, 7) is 2.27. The third-order valence-electron chi connectivity index (χ3n) is 2.09. The van der Waals surface area contributed by atoms with Crippen molar-refractivity contribution in [2.75, 3.05) is 0 Å². The number of hydrogen-bond donors (Lipinski definition) is 0. The molecule has 0 aromatic carbocycles. The zero-order chi connectivity index (χ0) is 7.19. The van der Waals surface area contributed by atoms with Crippen LogP contribution in [0.4, 0.5) is 0 Å². The maximum absolute atomic E-state index is 4.38. The van der Waals surface area contributed by atoms with E-state index in [0.717, 1.165) is 3.92 Å². The van der Waals surface area contributed by atoms with E-state index in [4.69, 9.17) is 0 Å². The molecule has 0 saturated heterocycles. The van der Waals surface area contributed by atoms with E-state index < -0.39 is 0 Å². The molecule has 0 atom stereocenters. The zero-order valence-electron chi connectivity index (χ0n) is 5.72. The molecule has 0 radical (unpaired) electrons.